The lowest BCUT2D eigenvalue weighted by atomic mass is 9.43. The molecule has 5 aliphatic rings. The molecule has 0 heterocycles. The van der Waals surface area contributed by atoms with E-state index in [2.05, 4.69) is 34.6 Å². The summed E-state index contributed by atoms with van der Waals surface area (Å²) in [5.74, 6) is 5.65. The van der Waals surface area contributed by atoms with E-state index in [1.54, 1.807) is 0 Å². The van der Waals surface area contributed by atoms with Gasteiger partial charge in [-0.2, -0.15) is 0 Å². The molecule has 5 saturated carbocycles. The molecular weight excluding hydrogens is 380 g/mol. The molecule has 5 fully saturated rings. The Kier molecular flexibility index (Phi) is 5.46. The number of hydrogen-bond acceptors (Lipinski definition) is 2. The van der Waals surface area contributed by atoms with Gasteiger partial charge in [-0.3, -0.25) is 0 Å². The molecule has 178 valence electrons. The van der Waals surface area contributed by atoms with Gasteiger partial charge >= 0.3 is 0 Å². The molecule has 0 aromatic carbocycles. The molecule has 0 aliphatic heterocycles. The number of hydrogen-bond donors (Lipinski definition) is 2. The minimum Gasteiger partial charge on any atom is -0.390 e. The van der Waals surface area contributed by atoms with Crippen LogP contribution in [-0.4, -0.2) is 21.4 Å². The van der Waals surface area contributed by atoms with E-state index in [-0.39, 0.29) is 0 Å². The maximum atomic E-state index is 10.9. The van der Waals surface area contributed by atoms with Crippen LogP contribution in [0, 0.1) is 52.3 Å². The van der Waals surface area contributed by atoms with E-state index in [4.69, 9.17) is 0 Å². The van der Waals surface area contributed by atoms with E-state index < -0.39 is 11.2 Å². The zero-order chi connectivity index (χ0) is 22.2. The molecule has 0 amide bonds. The van der Waals surface area contributed by atoms with E-state index in [1.807, 2.05) is 0 Å². The monoisotopic (exact) mass is 430 g/mol. The zero-order valence-corrected chi connectivity index (χ0v) is 21.1. The first kappa shape index (κ1) is 22.7. The lowest BCUT2D eigenvalue weighted by molar-refractivity contribution is -0.148. The zero-order valence-electron chi connectivity index (χ0n) is 21.1. The highest BCUT2D eigenvalue weighted by atomic mass is 16.3. The minimum atomic E-state index is -0.421. The first-order chi connectivity index (χ1) is 14.5. The van der Waals surface area contributed by atoms with Crippen molar-refractivity contribution in [2.75, 3.05) is 0 Å². The number of aliphatic hydroxyl groups is 2. The van der Waals surface area contributed by atoms with Crippen molar-refractivity contribution in [3.8, 4) is 0 Å². The highest BCUT2D eigenvalue weighted by Crippen LogP contribution is 2.69. The van der Waals surface area contributed by atoms with Gasteiger partial charge in [0.1, 0.15) is 0 Å². The Balaban J connectivity index is 1.28. The summed E-state index contributed by atoms with van der Waals surface area (Å²) in [4.78, 5) is 0. The summed E-state index contributed by atoms with van der Waals surface area (Å²) in [7, 11) is 0. The largest absolute Gasteiger partial charge is 0.390 e. The highest BCUT2D eigenvalue weighted by Gasteiger charge is 2.61. The molecule has 0 saturated heterocycles. The Morgan fingerprint density at radius 1 is 0.871 bits per heavy atom. The SMILES string of the molecule is C[C@H](CCC(C)(O)C1CC1)C1CC[C@H]2[C@@H]3CC[C@H]4C[C@@](C)(O)CC[C@]4(C)[C@H]3CC[C@]12C. The van der Waals surface area contributed by atoms with Gasteiger partial charge in [0.25, 0.3) is 0 Å². The maximum Gasteiger partial charge on any atom is 0.0647 e. The molecule has 5 aliphatic carbocycles. The normalized spacial score (nSPS) is 52.5. The molecule has 10 atom stereocenters. The average Bonchev–Trinajstić information content (AvgIpc) is 3.49. The third-order valence-electron chi connectivity index (χ3n) is 12.3. The van der Waals surface area contributed by atoms with Crippen LogP contribution in [-0.2, 0) is 0 Å². The quantitative estimate of drug-likeness (QED) is 0.494. The second-order valence-corrected chi connectivity index (χ2v) is 14.2. The van der Waals surface area contributed by atoms with Crippen LogP contribution >= 0.6 is 0 Å². The van der Waals surface area contributed by atoms with Gasteiger partial charge in [0.05, 0.1) is 11.2 Å². The van der Waals surface area contributed by atoms with Crippen LogP contribution in [0.5, 0.6) is 0 Å². The van der Waals surface area contributed by atoms with Gasteiger partial charge in [0.2, 0.25) is 0 Å². The molecule has 2 nitrogen and oxygen atoms in total. The molecule has 0 aromatic rings. The van der Waals surface area contributed by atoms with Gasteiger partial charge < -0.3 is 10.2 Å². The Bertz CT molecular complexity index is 678. The van der Waals surface area contributed by atoms with Crippen molar-refractivity contribution in [2.45, 2.75) is 129 Å². The molecule has 5 rings (SSSR count). The van der Waals surface area contributed by atoms with Crippen LogP contribution in [0.2, 0.25) is 0 Å². The molecule has 31 heavy (non-hydrogen) atoms. The topological polar surface area (TPSA) is 40.5 Å². The molecule has 2 unspecified atom stereocenters. The summed E-state index contributed by atoms with van der Waals surface area (Å²) in [5, 5.41) is 21.6. The first-order valence-electron chi connectivity index (χ1n) is 13.9. The fourth-order valence-corrected chi connectivity index (χ4v) is 10.0. The van der Waals surface area contributed by atoms with E-state index >= 15 is 0 Å². The van der Waals surface area contributed by atoms with Crippen molar-refractivity contribution in [3.63, 3.8) is 0 Å². The highest BCUT2D eigenvalue weighted by molar-refractivity contribution is 5.10. The van der Waals surface area contributed by atoms with Gasteiger partial charge in [0.15, 0.2) is 0 Å². The van der Waals surface area contributed by atoms with Crippen LogP contribution in [0.1, 0.15) is 118 Å². The summed E-state index contributed by atoms with van der Waals surface area (Å²) in [6.07, 6.45) is 16.5. The molecule has 0 bridgehead atoms. The summed E-state index contributed by atoms with van der Waals surface area (Å²) in [6.45, 7) is 12.0. The molecule has 0 aromatic heterocycles. The van der Waals surface area contributed by atoms with Gasteiger partial charge in [0, 0.05) is 0 Å². The summed E-state index contributed by atoms with van der Waals surface area (Å²) >= 11 is 0. The summed E-state index contributed by atoms with van der Waals surface area (Å²) < 4.78 is 0. The molecule has 0 spiro atoms. The smallest absolute Gasteiger partial charge is 0.0647 e. The van der Waals surface area contributed by atoms with Crippen molar-refractivity contribution >= 4 is 0 Å². The van der Waals surface area contributed by atoms with Gasteiger partial charge in [-0.15, -0.1) is 0 Å². The third-order valence-corrected chi connectivity index (χ3v) is 12.3. The lowest BCUT2D eigenvalue weighted by Crippen LogP contribution is -2.55. The van der Waals surface area contributed by atoms with E-state index in [1.165, 1.54) is 64.2 Å². The van der Waals surface area contributed by atoms with Gasteiger partial charge in [-0.05, 0) is 150 Å². The predicted molar refractivity (Wildman–Crippen MR) is 128 cm³/mol. The summed E-state index contributed by atoms with van der Waals surface area (Å²) in [6, 6.07) is 0. The van der Waals surface area contributed by atoms with Crippen LogP contribution in [0.15, 0.2) is 0 Å². The molecule has 0 radical (unpaired) electrons. The fourth-order valence-electron chi connectivity index (χ4n) is 10.0. The fraction of sp³-hybridized carbons (Fsp3) is 1.00. The summed E-state index contributed by atoms with van der Waals surface area (Å²) in [5.41, 5.74) is 0.157. The van der Waals surface area contributed by atoms with Crippen molar-refractivity contribution in [2.24, 2.45) is 52.3 Å². The standard InChI is InChI=1S/C29H50O2/c1-19(12-15-29(5,31)20-6-7-20)23-10-11-24-22-9-8-21-18-26(2,30)16-17-27(21,3)25(22)13-14-28(23,24)4/h19-25,30-31H,6-18H2,1-5H3/t19-,21+,22+,23?,24+,25+,26+,27+,28-,29?/m1/s1. The Morgan fingerprint density at radius 2 is 1.58 bits per heavy atom. The Hall–Kier alpha value is -0.0800. The first-order valence-corrected chi connectivity index (χ1v) is 13.9. The lowest BCUT2D eigenvalue weighted by Gasteiger charge is -2.62. The Labute approximate surface area is 192 Å². The predicted octanol–water partition coefficient (Wildman–Crippen LogP) is 6.97. The van der Waals surface area contributed by atoms with Crippen LogP contribution in [0.25, 0.3) is 0 Å². The van der Waals surface area contributed by atoms with E-state index in [9.17, 15) is 10.2 Å². The van der Waals surface area contributed by atoms with Crippen molar-refractivity contribution in [3.05, 3.63) is 0 Å². The van der Waals surface area contributed by atoms with Crippen LogP contribution in [0.4, 0.5) is 0 Å². The van der Waals surface area contributed by atoms with Crippen molar-refractivity contribution in [1.82, 2.24) is 0 Å². The average molecular weight is 431 g/mol. The number of fused-ring (bicyclic) bond motifs is 5. The third kappa shape index (κ3) is 3.74. The van der Waals surface area contributed by atoms with E-state index in [0.717, 1.165) is 54.8 Å². The van der Waals surface area contributed by atoms with E-state index in [0.29, 0.717) is 16.7 Å². The van der Waals surface area contributed by atoms with Crippen molar-refractivity contribution < 1.29 is 10.2 Å². The second kappa shape index (κ2) is 7.46. The molecule has 2 N–H and O–H groups in total. The van der Waals surface area contributed by atoms with Gasteiger partial charge in [-0.1, -0.05) is 20.8 Å². The Morgan fingerprint density at radius 3 is 2.29 bits per heavy atom. The van der Waals surface area contributed by atoms with Crippen LogP contribution in [0.3, 0.4) is 0 Å². The number of rotatable bonds is 5. The molecule has 2 heteroatoms. The molecular formula is C29H50O2. The van der Waals surface area contributed by atoms with Crippen molar-refractivity contribution in [1.29, 1.82) is 0 Å². The maximum absolute atomic E-state index is 10.9. The second-order valence-electron chi connectivity index (χ2n) is 14.2. The van der Waals surface area contributed by atoms with Crippen LogP contribution < -0.4 is 0 Å². The minimum absolute atomic E-state index is 0.417. The van der Waals surface area contributed by atoms with Gasteiger partial charge in [-0.25, -0.2) is 0 Å².